The Morgan fingerprint density at radius 3 is 2.50 bits per heavy atom. The lowest BCUT2D eigenvalue weighted by Gasteiger charge is -2.10. The zero-order valence-electron chi connectivity index (χ0n) is 15.1. The summed E-state index contributed by atoms with van der Waals surface area (Å²) >= 11 is 1.45. The van der Waals surface area contributed by atoms with Crippen LogP contribution in [0.1, 0.15) is 5.56 Å². The van der Waals surface area contributed by atoms with Crippen LogP contribution in [0.5, 0.6) is 5.75 Å². The van der Waals surface area contributed by atoms with Gasteiger partial charge in [-0.15, -0.1) is 24.5 Å². The van der Waals surface area contributed by atoms with E-state index in [9.17, 15) is 21.6 Å². The molecule has 4 rings (SSSR count). The molecule has 0 amide bonds. The van der Waals surface area contributed by atoms with E-state index in [1.807, 2.05) is 6.07 Å². The third-order valence-corrected chi connectivity index (χ3v) is 6.90. The molecule has 0 aliphatic carbocycles. The first kappa shape index (κ1) is 20.3. The maximum Gasteiger partial charge on any atom is 0.573 e. The number of hydrogen-bond donors (Lipinski definition) is 0. The number of ether oxygens (including phenoxy) is 1. The molecule has 2 aromatic heterocycles. The maximum atomic E-state index is 12.7. The normalized spacial score (nSPS) is 12.2. The van der Waals surface area contributed by atoms with Gasteiger partial charge >= 0.3 is 6.36 Å². The van der Waals surface area contributed by atoms with E-state index in [0.29, 0.717) is 5.56 Å². The predicted octanol–water partition coefficient (Wildman–Crippen LogP) is 5.23. The summed E-state index contributed by atoms with van der Waals surface area (Å²) in [5.74, 6) is -0.777. The van der Waals surface area contributed by atoms with Gasteiger partial charge in [-0.1, -0.05) is 18.2 Å². The van der Waals surface area contributed by atoms with Crippen molar-refractivity contribution in [2.45, 2.75) is 17.0 Å². The van der Waals surface area contributed by atoms with Crippen LogP contribution in [0, 0.1) is 0 Å². The van der Waals surface area contributed by atoms with Crippen molar-refractivity contribution in [3.05, 3.63) is 72.6 Å². The lowest BCUT2D eigenvalue weighted by atomic mass is 10.1. The van der Waals surface area contributed by atoms with E-state index in [0.717, 1.165) is 45.1 Å². The molecule has 5 nitrogen and oxygen atoms in total. The van der Waals surface area contributed by atoms with Crippen LogP contribution < -0.4 is 4.74 Å². The average Bonchev–Trinajstić information content (AvgIpc) is 3.11. The summed E-state index contributed by atoms with van der Waals surface area (Å²) in [4.78, 5) is 8.52. The maximum absolute atomic E-state index is 12.7. The van der Waals surface area contributed by atoms with E-state index >= 15 is 0 Å². The molecular weight excluding hydrogens is 437 g/mol. The second-order valence-electron chi connectivity index (χ2n) is 6.34. The molecule has 154 valence electrons. The molecule has 2 heterocycles. The second kappa shape index (κ2) is 7.69. The third kappa shape index (κ3) is 4.60. The summed E-state index contributed by atoms with van der Waals surface area (Å²) in [5, 5.41) is 0.742. The van der Waals surface area contributed by atoms with Crippen molar-refractivity contribution in [2.24, 2.45) is 0 Å². The van der Waals surface area contributed by atoms with Gasteiger partial charge in [0.25, 0.3) is 0 Å². The van der Waals surface area contributed by atoms with E-state index < -0.39 is 21.9 Å². The molecule has 0 saturated carbocycles. The summed E-state index contributed by atoms with van der Waals surface area (Å²) in [7, 11) is -3.76. The van der Waals surface area contributed by atoms with Crippen LogP contribution in [0.4, 0.5) is 13.2 Å². The van der Waals surface area contributed by atoms with Crippen molar-refractivity contribution >= 4 is 31.4 Å². The van der Waals surface area contributed by atoms with Gasteiger partial charge in [0.15, 0.2) is 9.84 Å². The molecule has 0 N–H and O–H groups in total. The smallest absolute Gasteiger partial charge is 0.406 e. The minimum Gasteiger partial charge on any atom is -0.406 e. The highest BCUT2D eigenvalue weighted by molar-refractivity contribution is 7.90. The number of benzene rings is 2. The van der Waals surface area contributed by atoms with Crippen molar-refractivity contribution in [3.63, 3.8) is 0 Å². The fraction of sp³-hybridized carbons (Fsp3) is 0.100. The van der Waals surface area contributed by atoms with Crippen LogP contribution in [0.15, 0.2) is 71.9 Å². The van der Waals surface area contributed by atoms with Crippen molar-refractivity contribution in [1.29, 1.82) is 0 Å². The van der Waals surface area contributed by atoms with Gasteiger partial charge in [0, 0.05) is 18.0 Å². The number of halogens is 3. The molecule has 0 bridgehead atoms. The van der Waals surface area contributed by atoms with Gasteiger partial charge in [0.05, 0.1) is 20.9 Å². The second-order valence-corrected chi connectivity index (χ2v) is 9.36. The number of nitrogens with zero attached hydrogens (tertiary/aromatic N) is 2. The van der Waals surface area contributed by atoms with Gasteiger partial charge in [0.2, 0.25) is 0 Å². The summed E-state index contributed by atoms with van der Waals surface area (Å²) in [6.07, 6.45) is -1.46. The van der Waals surface area contributed by atoms with Crippen LogP contribution in [0.25, 0.3) is 20.8 Å². The van der Waals surface area contributed by atoms with E-state index in [-0.39, 0.29) is 10.6 Å². The number of alkyl halides is 3. The van der Waals surface area contributed by atoms with Crippen LogP contribution in [-0.2, 0) is 15.6 Å². The third-order valence-electron chi connectivity index (χ3n) is 4.14. The molecule has 0 unspecified atom stereocenters. The van der Waals surface area contributed by atoms with E-state index in [2.05, 4.69) is 14.7 Å². The molecular formula is C20H13F3N2O3S2. The molecule has 10 heteroatoms. The monoisotopic (exact) mass is 450 g/mol. The van der Waals surface area contributed by atoms with Gasteiger partial charge in [-0.2, -0.15) is 0 Å². The Kier molecular flexibility index (Phi) is 5.20. The van der Waals surface area contributed by atoms with Crippen LogP contribution in [-0.4, -0.2) is 24.7 Å². The zero-order chi connectivity index (χ0) is 21.4. The molecule has 0 aliphatic rings. The Balaban J connectivity index is 1.57. The SMILES string of the molecule is O=S(=O)(Cc1cccc(-c2nc3ccncc3s2)c1)c1ccc(OC(F)(F)F)cc1. The topological polar surface area (TPSA) is 69.2 Å². The number of rotatable bonds is 5. The Morgan fingerprint density at radius 2 is 1.80 bits per heavy atom. The average molecular weight is 450 g/mol. The highest BCUT2D eigenvalue weighted by Crippen LogP contribution is 2.31. The first-order chi connectivity index (χ1) is 14.2. The summed E-state index contributed by atoms with van der Waals surface area (Å²) in [6.45, 7) is 0. The van der Waals surface area contributed by atoms with Gasteiger partial charge in [-0.25, -0.2) is 13.4 Å². The fourth-order valence-corrected chi connectivity index (χ4v) is 5.11. The summed E-state index contributed by atoms with van der Waals surface area (Å²) in [5.41, 5.74) is 2.13. The molecule has 0 spiro atoms. The minimum absolute atomic E-state index is 0.0894. The van der Waals surface area contributed by atoms with Crippen molar-refractivity contribution < 1.29 is 26.3 Å². The number of hydrogen-bond acceptors (Lipinski definition) is 6. The van der Waals surface area contributed by atoms with Gasteiger partial charge < -0.3 is 4.74 Å². The first-order valence-electron chi connectivity index (χ1n) is 8.58. The lowest BCUT2D eigenvalue weighted by Crippen LogP contribution is -2.17. The minimum atomic E-state index is -4.84. The zero-order valence-corrected chi connectivity index (χ0v) is 16.8. The van der Waals surface area contributed by atoms with Crippen LogP contribution in [0.2, 0.25) is 0 Å². The Labute approximate surface area is 173 Å². The molecule has 0 fully saturated rings. The largest absolute Gasteiger partial charge is 0.573 e. The first-order valence-corrected chi connectivity index (χ1v) is 11.0. The molecule has 0 aliphatic heterocycles. The predicted molar refractivity (Wildman–Crippen MR) is 107 cm³/mol. The fourth-order valence-electron chi connectivity index (χ4n) is 2.85. The summed E-state index contributed by atoms with van der Waals surface area (Å²) in [6, 6.07) is 12.9. The molecule has 4 aromatic rings. The number of pyridine rings is 1. The molecule has 0 radical (unpaired) electrons. The molecule has 30 heavy (non-hydrogen) atoms. The number of sulfone groups is 1. The number of aromatic nitrogens is 2. The van der Waals surface area contributed by atoms with E-state index in [1.54, 1.807) is 36.7 Å². The van der Waals surface area contributed by atoms with Gasteiger partial charge in [-0.3, -0.25) is 4.98 Å². The van der Waals surface area contributed by atoms with Gasteiger partial charge in [0.1, 0.15) is 10.8 Å². The highest BCUT2D eigenvalue weighted by atomic mass is 32.2. The van der Waals surface area contributed by atoms with Crippen molar-refractivity contribution in [1.82, 2.24) is 9.97 Å². The molecule has 0 saturated heterocycles. The lowest BCUT2D eigenvalue weighted by molar-refractivity contribution is -0.274. The molecule has 0 atom stereocenters. The Bertz CT molecular complexity index is 1270. The summed E-state index contributed by atoms with van der Waals surface area (Å²) < 4.78 is 66.9. The quantitative estimate of drug-likeness (QED) is 0.416. The molecule has 2 aromatic carbocycles. The standard InChI is InChI=1S/C20H13F3N2O3S2/c21-20(22,23)28-15-4-6-16(7-5-15)30(26,27)12-13-2-1-3-14(10-13)19-25-17-8-9-24-11-18(17)29-19/h1-11H,12H2. The van der Waals surface area contributed by atoms with Crippen molar-refractivity contribution in [2.75, 3.05) is 0 Å². The Hall–Kier alpha value is -2.98. The Morgan fingerprint density at radius 1 is 1.03 bits per heavy atom. The number of fused-ring (bicyclic) bond motifs is 1. The van der Waals surface area contributed by atoms with Crippen molar-refractivity contribution in [3.8, 4) is 16.3 Å². The number of thiazole rings is 1. The van der Waals surface area contributed by atoms with Crippen LogP contribution in [0.3, 0.4) is 0 Å². The van der Waals surface area contributed by atoms with E-state index in [1.165, 1.54) is 11.3 Å². The highest BCUT2D eigenvalue weighted by Gasteiger charge is 2.31. The van der Waals surface area contributed by atoms with Gasteiger partial charge in [-0.05, 0) is 42.0 Å². The van der Waals surface area contributed by atoms with Crippen LogP contribution >= 0.6 is 11.3 Å². The van der Waals surface area contributed by atoms with E-state index in [4.69, 9.17) is 0 Å².